The van der Waals surface area contributed by atoms with Crippen molar-refractivity contribution in [3.8, 4) is 11.5 Å². The highest BCUT2D eigenvalue weighted by Crippen LogP contribution is 2.36. The van der Waals surface area contributed by atoms with Crippen molar-refractivity contribution in [3.05, 3.63) is 22.2 Å². The smallest absolute Gasteiger partial charge is 0.175 e. The minimum atomic E-state index is 0.552. The zero-order valence-corrected chi connectivity index (χ0v) is 12.2. The number of rotatable bonds is 7. The van der Waals surface area contributed by atoms with E-state index in [-0.39, 0.29) is 0 Å². The molecule has 0 heterocycles. The number of benzene rings is 1. The lowest BCUT2D eigenvalue weighted by atomic mass is 10.2. The summed E-state index contributed by atoms with van der Waals surface area (Å²) in [6.07, 6.45) is 3.43. The molecule has 0 saturated carbocycles. The second kappa shape index (κ2) is 7.97. The first kappa shape index (κ1) is 14.8. The Labute approximate surface area is 116 Å². The van der Waals surface area contributed by atoms with Gasteiger partial charge in [-0.2, -0.15) is 0 Å². The summed E-state index contributed by atoms with van der Waals surface area (Å²) in [5.74, 6) is 1.35. The largest absolute Gasteiger partial charge is 0.490 e. The van der Waals surface area contributed by atoms with Crippen LogP contribution in [0.25, 0.3) is 0 Å². The van der Waals surface area contributed by atoms with Crippen LogP contribution in [-0.2, 0) is 0 Å². The summed E-state index contributed by atoms with van der Waals surface area (Å²) < 4.78 is 12.0. The maximum atomic E-state index is 8.56. The SMILES string of the molecule is CCCCOc1c(Br)cc(/C=N/O)cc1OCC. The number of oxime groups is 1. The van der Waals surface area contributed by atoms with Crippen molar-refractivity contribution in [1.82, 2.24) is 0 Å². The number of halogens is 1. The van der Waals surface area contributed by atoms with Crippen molar-refractivity contribution in [3.63, 3.8) is 0 Å². The average molecular weight is 316 g/mol. The van der Waals surface area contributed by atoms with Crippen LogP contribution in [0.2, 0.25) is 0 Å². The Balaban J connectivity index is 2.98. The molecule has 100 valence electrons. The van der Waals surface area contributed by atoms with Crippen LogP contribution >= 0.6 is 15.9 Å². The zero-order valence-electron chi connectivity index (χ0n) is 10.6. The van der Waals surface area contributed by atoms with Crippen LogP contribution in [0.1, 0.15) is 32.3 Å². The number of hydrogen-bond acceptors (Lipinski definition) is 4. The van der Waals surface area contributed by atoms with Crippen LogP contribution in [0.5, 0.6) is 11.5 Å². The lowest BCUT2D eigenvalue weighted by Gasteiger charge is -2.14. The summed E-state index contributed by atoms with van der Waals surface area (Å²) in [6.45, 7) is 5.23. The van der Waals surface area contributed by atoms with Crippen LogP contribution < -0.4 is 9.47 Å². The minimum absolute atomic E-state index is 0.552. The zero-order chi connectivity index (χ0) is 13.4. The van der Waals surface area contributed by atoms with Gasteiger partial charge in [-0.25, -0.2) is 0 Å². The fourth-order valence-corrected chi connectivity index (χ4v) is 2.02. The van der Waals surface area contributed by atoms with E-state index in [9.17, 15) is 0 Å². The second-order valence-electron chi connectivity index (χ2n) is 3.71. The van der Waals surface area contributed by atoms with E-state index in [0.29, 0.717) is 24.7 Å². The van der Waals surface area contributed by atoms with Crippen LogP contribution in [0.3, 0.4) is 0 Å². The number of ether oxygens (including phenoxy) is 2. The van der Waals surface area contributed by atoms with Crippen LogP contribution in [0.15, 0.2) is 21.8 Å². The van der Waals surface area contributed by atoms with Crippen molar-refractivity contribution in [1.29, 1.82) is 0 Å². The second-order valence-corrected chi connectivity index (χ2v) is 4.56. The van der Waals surface area contributed by atoms with Crippen molar-refractivity contribution in [2.45, 2.75) is 26.7 Å². The van der Waals surface area contributed by atoms with E-state index in [1.165, 1.54) is 6.21 Å². The molecule has 0 spiro atoms. The molecule has 5 heteroatoms. The highest BCUT2D eigenvalue weighted by atomic mass is 79.9. The third kappa shape index (κ3) is 4.22. The Morgan fingerprint density at radius 1 is 1.33 bits per heavy atom. The molecule has 0 saturated heterocycles. The van der Waals surface area contributed by atoms with E-state index < -0.39 is 0 Å². The van der Waals surface area contributed by atoms with E-state index in [4.69, 9.17) is 14.7 Å². The van der Waals surface area contributed by atoms with Gasteiger partial charge in [-0.3, -0.25) is 0 Å². The van der Waals surface area contributed by atoms with Gasteiger partial charge in [0.05, 0.1) is 23.9 Å². The van der Waals surface area contributed by atoms with Gasteiger partial charge in [0.2, 0.25) is 0 Å². The highest BCUT2D eigenvalue weighted by Gasteiger charge is 2.11. The molecule has 0 unspecified atom stereocenters. The Morgan fingerprint density at radius 2 is 2.11 bits per heavy atom. The molecule has 0 aliphatic rings. The number of nitrogens with zero attached hydrogens (tertiary/aromatic N) is 1. The maximum absolute atomic E-state index is 8.56. The van der Waals surface area contributed by atoms with Crippen LogP contribution in [0.4, 0.5) is 0 Å². The Hall–Kier alpha value is -1.23. The molecule has 0 atom stereocenters. The summed E-state index contributed by atoms with van der Waals surface area (Å²) in [5.41, 5.74) is 0.746. The molecule has 0 amide bonds. The van der Waals surface area contributed by atoms with Gasteiger partial charge in [-0.1, -0.05) is 18.5 Å². The van der Waals surface area contributed by atoms with Gasteiger partial charge in [0.25, 0.3) is 0 Å². The van der Waals surface area contributed by atoms with Gasteiger partial charge in [-0.05, 0) is 41.4 Å². The normalized spacial score (nSPS) is 10.8. The fraction of sp³-hybridized carbons (Fsp3) is 0.462. The molecule has 0 aromatic heterocycles. The van der Waals surface area contributed by atoms with Crippen molar-refractivity contribution >= 4 is 22.1 Å². The third-order valence-electron chi connectivity index (χ3n) is 2.28. The van der Waals surface area contributed by atoms with E-state index in [2.05, 4.69) is 28.0 Å². The third-order valence-corrected chi connectivity index (χ3v) is 2.87. The lowest BCUT2D eigenvalue weighted by Crippen LogP contribution is -2.02. The van der Waals surface area contributed by atoms with Crippen molar-refractivity contribution < 1.29 is 14.7 Å². The summed E-state index contributed by atoms with van der Waals surface area (Å²) >= 11 is 3.44. The summed E-state index contributed by atoms with van der Waals surface area (Å²) in [6, 6.07) is 3.61. The number of hydrogen-bond donors (Lipinski definition) is 1. The monoisotopic (exact) mass is 315 g/mol. The molecule has 18 heavy (non-hydrogen) atoms. The van der Waals surface area contributed by atoms with Gasteiger partial charge in [0, 0.05) is 5.56 Å². The molecule has 1 aromatic carbocycles. The average Bonchev–Trinajstić information content (AvgIpc) is 2.33. The Kier molecular flexibility index (Phi) is 6.57. The van der Waals surface area contributed by atoms with Gasteiger partial charge in [0.1, 0.15) is 0 Å². The Bertz CT molecular complexity index is 407. The van der Waals surface area contributed by atoms with Crippen LogP contribution in [0, 0.1) is 0 Å². The molecule has 0 fully saturated rings. The molecule has 0 radical (unpaired) electrons. The maximum Gasteiger partial charge on any atom is 0.175 e. The minimum Gasteiger partial charge on any atom is -0.490 e. The standard InChI is InChI=1S/C13H18BrNO3/c1-3-5-6-18-13-11(14)7-10(9-15-16)8-12(13)17-4-2/h7-9,16H,3-6H2,1-2H3/b15-9+. The van der Waals surface area contributed by atoms with Gasteiger partial charge >= 0.3 is 0 Å². The Morgan fingerprint density at radius 3 is 2.72 bits per heavy atom. The van der Waals surface area contributed by atoms with Gasteiger partial charge in [0.15, 0.2) is 11.5 Å². The van der Waals surface area contributed by atoms with E-state index >= 15 is 0 Å². The molecule has 0 bridgehead atoms. The topological polar surface area (TPSA) is 51.0 Å². The molecular weight excluding hydrogens is 298 g/mol. The van der Waals surface area contributed by atoms with Gasteiger partial charge < -0.3 is 14.7 Å². The lowest BCUT2D eigenvalue weighted by molar-refractivity contribution is 0.271. The molecule has 4 nitrogen and oxygen atoms in total. The number of unbranched alkanes of at least 4 members (excludes halogenated alkanes) is 1. The van der Waals surface area contributed by atoms with E-state index in [1.54, 1.807) is 6.07 Å². The van der Waals surface area contributed by atoms with Crippen molar-refractivity contribution in [2.24, 2.45) is 5.16 Å². The fourth-order valence-electron chi connectivity index (χ4n) is 1.45. The van der Waals surface area contributed by atoms with Crippen molar-refractivity contribution in [2.75, 3.05) is 13.2 Å². The summed E-state index contributed by atoms with van der Waals surface area (Å²) in [4.78, 5) is 0. The van der Waals surface area contributed by atoms with Gasteiger partial charge in [-0.15, -0.1) is 0 Å². The van der Waals surface area contributed by atoms with E-state index in [0.717, 1.165) is 22.9 Å². The molecule has 1 rings (SSSR count). The molecule has 0 aliphatic carbocycles. The summed E-state index contributed by atoms with van der Waals surface area (Å²) in [7, 11) is 0. The molecular formula is C13H18BrNO3. The highest BCUT2D eigenvalue weighted by molar-refractivity contribution is 9.10. The first-order chi connectivity index (χ1) is 8.72. The summed E-state index contributed by atoms with van der Waals surface area (Å²) in [5, 5.41) is 11.6. The molecule has 0 aliphatic heterocycles. The van der Waals surface area contributed by atoms with E-state index in [1.807, 2.05) is 13.0 Å². The van der Waals surface area contributed by atoms with Crippen LogP contribution in [-0.4, -0.2) is 24.6 Å². The molecule has 1 N–H and O–H groups in total. The predicted molar refractivity (Wildman–Crippen MR) is 75.1 cm³/mol. The molecule has 1 aromatic rings. The first-order valence-corrected chi connectivity index (χ1v) is 6.78. The quantitative estimate of drug-likeness (QED) is 0.360. The predicted octanol–water partition coefficient (Wildman–Crippen LogP) is 3.83. The first-order valence-electron chi connectivity index (χ1n) is 5.99.